The molecule has 3 aromatic carbocycles. The number of fused-ring (bicyclic) bond motifs is 1. The summed E-state index contributed by atoms with van der Waals surface area (Å²) in [6.45, 7) is 0.797. The Morgan fingerprint density at radius 2 is 1.67 bits per heavy atom. The number of alkyl halides is 3. The van der Waals surface area contributed by atoms with Crippen LogP contribution in [-0.2, 0) is 11.3 Å². The standard InChI is InChI=1S/C29H32N4O3.C2HF3O2/c30-29-31-26-15-14-25(36-24-12-5-2-6-13-24)19-27(26)33(29)20-21-8-7-9-22(18-21)28(35)32(16-17-34)23-10-3-1-4-11-23;3-2(4,5)1(6)7/h2,5-9,12-15,18-19,23,34H,1,3-4,10-11,16-17,20H2,(H2,30,31);(H,6,7). The molecule has 0 aliphatic heterocycles. The van der Waals surface area contributed by atoms with E-state index in [0.717, 1.165) is 48.0 Å². The number of hydrogen-bond acceptors (Lipinski definition) is 6. The number of benzene rings is 3. The molecule has 12 heteroatoms. The number of nitrogens with two attached hydrogens (primary N) is 1. The van der Waals surface area contributed by atoms with Crippen LogP contribution in [0.5, 0.6) is 11.5 Å². The van der Waals surface area contributed by atoms with Gasteiger partial charge in [-0.25, -0.2) is 9.78 Å². The number of anilines is 1. The van der Waals surface area contributed by atoms with Crippen LogP contribution in [0.1, 0.15) is 48.0 Å². The fraction of sp³-hybridized carbons (Fsp3) is 0.323. The number of aliphatic hydroxyl groups excluding tert-OH is 1. The maximum absolute atomic E-state index is 13.4. The second-order valence-electron chi connectivity index (χ2n) is 10.1. The van der Waals surface area contributed by atoms with E-state index in [-0.39, 0.29) is 18.6 Å². The van der Waals surface area contributed by atoms with Crippen molar-refractivity contribution in [1.82, 2.24) is 14.5 Å². The Kier molecular flexibility index (Phi) is 10.3. The van der Waals surface area contributed by atoms with Gasteiger partial charge in [0.1, 0.15) is 11.5 Å². The number of nitrogens with zero attached hydrogens (tertiary/aromatic N) is 3. The third-order valence-corrected chi connectivity index (χ3v) is 7.10. The fourth-order valence-electron chi connectivity index (χ4n) is 5.08. The lowest BCUT2D eigenvalue weighted by Gasteiger charge is -2.34. The van der Waals surface area contributed by atoms with Gasteiger partial charge in [-0.05, 0) is 54.8 Å². The number of carbonyl (C=O) groups is 2. The molecule has 1 saturated carbocycles. The average Bonchev–Trinajstić information content (AvgIpc) is 3.30. The first kappa shape index (κ1) is 31.4. The van der Waals surface area contributed by atoms with Crippen molar-refractivity contribution in [3.8, 4) is 11.5 Å². The van der Waals surface area contributed by atoms with Gasteiger partial charge in [0.05, 0.1) is 24.2 Å². The molecule has 1 heterocycles. The Bertz CT molecular complexity index is 1540. The van der Waals surface area contributed by atoms with Crippen molar-refractivity contribution in [2.75, 3.05) is 18.9 Å². The maximum Gasteiger partial charge on any atom is 0.490 e. The van der Waals surface area contributed by atoms with Crippen molar-refractivity contribution in [3.05, 3.63) is 83.9 Å². The summed E-state index contributed by atoms with van der Waals surface area (Å²) in [5.41, 5.74) is 9.52. The highest BCUT2D eigenvalue weighted by Gasteiger charge is 2.38. The van der Waals surface area contributed by atoms with Crippen molar-refractivity contribution in [3.63, 3.8) is 0 Å². The largest absolute Gasteiger partial charge is 0.490 e. The van der Waals surface area contributed by atoms with Crippen LogP contribution in [0.25, 0.3) is 11.0 Å². The van der Waals surface area contributed by atoms with E-state index in [4.69, 9.17) is 20.4 Å². The third kappa shape index (κ3) is 8.25. The third-order valence-electron chi connectivity index (χ3n) is 7.10. The summed E-state index contributed by atoms with van der Waals surface area (Å²) >= 11 is 0. The monoisotopic (exact) mass is 598 g/mol. The normalized spacial score (nSPS) is 13.7. The molecule has 0 bridgehead atoms. The number of ether oxygens (including phenoxy) is 1. The number of carbonyl (C=O) groups excluding carboxylic acids is 1. The van der Waals surface area contributed by atoms with E-state index >= 15 is 0 Å². The quantitative estimate of drug-likeness (QED) is 0.232. The molecule has 9 nitrogen and oxygen atoms in total. The minimum absolute atomic E-state index is 0.0280. The Morgan fingerprint density at radius 3 is 2.33 bits per heavy atom. The molecule has 1 aromatic heterocycles. The molecule has 5 rings (SSSR count). The fourth-order valence-corrected chi connectivity index (χ4v) is 5.08. The summed E-state index contributed by atoms with van der Waals surface area (Å²) in [7, 11) is 0. The van der Waals surface area contributed by atoms with Gasteiger partial charge in [0.2, 0.25) is 5.95 Å². The summed E-state index contributed by atoms with van der Waals surface area (Å²) in [5.74, 6) is -0.923. The molecular weight excluding hydrogens is 565 g/mol. The summed E-state index contributed by atoms with van der Waals surface area (Å²) in [6, 6.07) is 23.2. The van der Waals surface area contributed by atoms with Gasteiger partial charge < -0.3 is 30.2 Å². The van der Waals surface area contributed by atoms with Crippen LogP contribution in [0.4, 0.5) is 19.1 Å². The number of amides is 1. The SMILES string of the molecule is Nc1nc2ccc(Oc3ccccc3)cc2n1Cc1cccc(C(=O)N(CCO)C2CCCCC2)c1.O=C(O)C(F)(F)F. The van der Waals surface area contributed by atoms with Crippen molar-refractivity contribution in [2.24, 2.45) is 0 Å². The number of aliphatic carboxylic acids is 1. The topological polar surface area (TPSA) is 131 Å². The summed E-state index contributed by atoms with van der Waals surface area (Å²) in [6.07, 6.45) is 0.379. The van der Waals surface area contributed by atoms with E-state index in [9.17, 15) is 23.1 Å². The number of para-hydroxylation sites is 1. The Morgan fingerprint density at radius 1 is 0.977 bits per heavy atom. The Balaban J connectivity index is 0.000000541. The molecule has 4 aromatic rings. The number of halogens is 3. The molecule has 1 fully saturated rings. The lowest BCUT2D eigenvalue weighted by Crippen LogP contribution is -2.43. The number of aromatic nitrogens is 2. The second kappa shape index (κ2) is 14.1. The predicted octanol–water partition coefficient (Wildman–Crippen LogP) is 5.86. The van der Waals surface area contributed by atoms with Crippen molar-refractivity contribution >= 4 is 28.9 Å². The van der Waals surface area contributed by atoms with Gasteiger partial charge in [-0.3, -0.25) is 4.79 Å². The lowest BCUT2D eigenvalue weighted by molar-refractivity contribution is -0.192. The zero-order valence-corrected chi connectivity index (χ0v) is 23.3. The molecule has 1 aliphatic carbocycles. The zero-order chi connectivity index (χ0) is 31.0. The summed E-state index contributed by atoms with van der Waals surface area (Å²) in [4.78, 5) is 28.7. The molecule has 228 valence electrons. The van der Waals surface area contributed by atoms with Crippen LogP contribution in [0, 0.1) is 0 Å². The number of imidazole rings is 1. The highest BCUT2D eigenvalue weighted by molar-refractivity contribution is 5.94. The summed E-state index contributed by atoms with van der Waals surface area (Å²) < 4.78 is 39.7. The molecule has 4 N–H and O–H groups in total. The van der Waals surface area contributed by atoms with E-state index in [1.54, 1.807) is 0 Å². The minimum atomic E-state index is -5.08. The van der Waals surface area contributed by atoms with Crippen LogP contribution in [0.3, 0.4) is 0 Å². The summed E-state index contributed by atoms with van der Waals surface area (Å²) in [5, 5.41) is 16.7. The van der Waals surface area contributed by atoms with Crippen LogP contribution < -0.4 is 10.5 Å². The van der Waals surface area contributed by atoms with E-state index in [2.05, 4.69) is 4.98 Å². The van der Waals surface area contributed by atoms with Gasteiger partial charge >= 0.3 is 12.1 Å². The van der Waals surface area contributed by atoms with E-state index in [1.807, 2.05) is 82.3 Å². The minimum Gasteiger partial charge on any atom is -0.475 e. The van der Waals surface area contributed by atoms with E-state index in [0.29, 0.717) is 30.4 Å². The first-order valence-electron chi connectivity index (χ1n) is 13.9. The molecule has 0 atom stereocenters. The van der Waals surface area contributed by atoms with Gasteiger partial charge in [0.25, 0.3) is 5.91 Å². The molecule has 0 radical (unpaired) electrons. The first-order valence-corrected chi connectivity index (χ1v) is 13.9. The van der Waals surface area contributed by atoms with Crippen LogP contribution in [-0.4, -0.2) is 61.9 Å². The molecular formula is C31H33F3N4O5. The van der Waals surface area contributed by atoms with Crippen LogP contribution >= 0.6 is 0 Å². The van der Waals surface area contributed by atoms with E-state index in [1.165, 1.54) is 6.42 Å². The van der Waals surface area contributed by atoms with Crippen molar-refractivity contribution < 1.29 is 37.7 Å². The number of nitrogen functional groups attached to an aromatic ring is 1. The highest BCUT2D eigenvalue weighted by Crippen LogP contribution is 2.28. The average molecular weight is 599 g/mol. The number of carboxylic acids is 1. The zero-order valence-electron chi connectivity index (χ0n) is 23.3. The van der Waals surface area contributed by atoms with Gasteiger partial charge in [-0.2, -0.15) is 13.2 Å². The highest BCUT2D eigenvalue weighted by atomic mass is 19.4. The number of aliphatic hydroxyl groups is 1. The number of carboxylic acid groups (broad SMARTS) is 1. The van der Waals surface area contributed by atoms with Crippen molar-refractivity contribution in [1.29, 1.82) is 0 Å². The first-order chi connectivity index (χ1) is 20.6. The van der Waals surface area contributed by atoms with Crippen LogP contribution in [0.15, 0.2) is 72.8 Å². The molecule has 0 unspecified atom stereocenters. The van der Waals surface area contributed by atoms with Gasteiger partial charge in [0.15, 0.2) is 0 Å². The number of hydrogen-bond donors (Lipinski definition) is 3. The van der Waals surface area contributed by atoms with Crippen molar-refractivity contribution in [2.45, 2.75) is 50.9 Å². The molecule has 0 spiro atoms. The van der Waals surface area contributed by atoms with Gasteiger partial charge in [-0.15, -0.1) is 0 Å². The predicted molar refractivity (Wildman–Crippen MR) is 155 cm³/mol. The van der Waals surface area contributed by atoms with Gasteiger partial charge in [-0.1, -0.05) is 49.6 Å². The maximum atomic E-state index is 13.4. The molecule has 1 amide bonds. The molecule has 0 saturated heterocycles. The smallest absolute Gasteiger partial charge is 0.475 e. The second-order valence-corrected chi connectivity index (χ2v) is 10.1. The lowest BCUT2D eigenvalue weighted by atomic mass is 9.93. The molecule has 1 aliphatic rings. The van der Waals surface area contributed by atoms with E-state index < -0.39 is 12.1 Å². The molecule has 43 heavy (non-hydrogen) atoms. The van der Waals surface area contributed by atoms with Gasteiger partial charge in [0, 0.05) is 24.2 Å². The Hall–Kier alpha value is -4.58. The number of rotatable bonds is 8. The Labute approximate surface area is 246 Å². The van der Waals surface area contributed by atoms with Crippen LogP contribution in [0.2, 0.25) is 0 Å².